The third-order valence-corrected chi connectivity index (χ3v) is 4.67. The smallest absolute Gasteiger partial charge is 0.336 e. The summed E-state index contributed by atoms with van der Waals surface area (Å²) < 4.78 is 5.71. The zero-order valence-electron chi connectivity index (χ0n) is 15.3. The van der Waals surface area contributed by atoms with Gasteiger partial charge in [0.05, 0.1) is 27.3 Å². The van der Waals surface area contributed by atoms with Crippen LogP contribution in [0.2, 0.25) is 5.02 Å². The highest BCUT2D eigenvalue weighted by atomic mass is 35.5. The summed E-state index contributed by atoms with van der Waals surface area (Å²) >= 11 is 5.97. The van der Waals surface area contributed by atoms with Crippen LogP contribution in [-0.2, 0) is 0 Å². The van der Waals surface area contributed by atoms with Gasteiger partial charge in [0, 0.05) is 16.5 Å². The lowest BCUT2D eigenvalue weighted by atomic mass is 10.1. The number of para-hydroxylation sites is 1. The second-order valence-electron chi connectivity index (χ2n) is 6.37. The van der Waals surface area contributed by atoms with Crippen molar-refractivity contribution in [2.24, 2.45) is 0 Å². The summed E-state index contributed by atoms with van der Waals surface area (Å²) in [5.41, 5.74) is 1.33. The Morgan fingerprint density at radius 3 is 2.67 bits per heavy atom. The summed E-state index contributed by atoms with van der Waals surface area (Å²) in [6.07, 6.45) is 3.23. The van der Waals surface area contributed by atoms with Crippen LogP contribution in [0.1, 0.15) is 21.8 Å². The number of nitro groups is 1. The minimum atomic E-state index is -1.09. The maximum atomic E-state index is 11.6. The van der Waals surface area contributed by atoms with Gasteiger partial charge in [-0.2, -0.15) is 0 Å². The number of fused-ring (bicyclic) bond motifs is 1. The quantitative estimate of drug-likeness (QED) is 0.317. The number of rotatable bonds is 5. The van der Waals surface area contributed by atoms with Gasteiger partial charge in [-0.05, 0) is 54.6 Å². The number of aromatic nitrogens is 1. The number of hydrogen-bond acceptors (Lipinski definition) is 5. The number of carboxylic acid groups (broad SMARTS) is 1. The van der Waals surface area contributed by atoms with Crippen LogP contribution in [0.3, 0.4) is 0 Å². The van der Waals surface area contributed by atoms with Crippen LogP contribution in [0.25, 0.3) is 34.4 Å². The Morgan fingerprint density at radius 2 is 1.90 bits per heavy atom. The van der Waals surface area contributed by atoms with Gasteiger partial charge in [0.15, 0.2) is 0 Å². The molecule has 30 heavy (non-hydrogen) atoms. The molecule has 0 radical (unpaired) electrons. The number of aromatic carboxylic acids is 1. The van der Waals surface area contributed by atoms with E-state index in [0.717, 1.165) is 0 Å². The van der Waals surface area contributed by atoms with Gasteiger partial charge in [-0.1, -0.05) is 23.7 Å². The summed E-state index contributed by atoms with van der Waals surface area (Å²) in [5.74, 6) is -0.289. The normalized spacial score (nSPS) is 11.2. The van der Waals surface area contributed by atoms with Crippen LogP contribution in [0.4, 0.5) is 5.69 Å². The summed E-state index contributed by atoms with van der Waals surface area (Å²) in [5, 5.41) is 21.6. The van der Waals surface area contributed by atoms with E-state index in [2.05, 4.69) is 4.98 Å². The largest absolute Gasteiger partial charge is 0.478 e. The minimum absolute atomic E-state index is 0.0525. The van der Waals surface area contributed by atoms with E-state index in [1.54, 1.807) is 60.7 Å². The molecule has 2 aromatic carbocycles. The predicted molar refractivity (Wildman–Crippen MR) is 113 cm³/mol. The topological polar surface area (TPSA) is 106 Å². The van der Waals surface area contributed by atoms with Crippen LogP contribution < -0.4 is 0 Å². The standard InChI is InChI=1S/C22H13ClN2O5/c23-13-5-9-19-17(11-13)18(22(26)27)12-14(24-19)6-7-15-8-10-21(30-15)16-3-1-2-4-20(16)25(28)29/h1-12H,(H,26,27). The van der Waals surface area contributed by atoms with E-state index >= 15 is 0 Å². The Balaban J connectivity index is 1.69. The molecule has 0 spiro atoms. The molecule has 0 aliphatic rings. The van der Waals surface area contributed by atoms with Crippen molar-refractivity contribution in [1.82, 2.24) is 4.98 Å². The van der Waals surface area contributed by atoms with Crippen molar-refractivity contribution in [2.45, 2.75) is 0 Å². The van der Waals surface area contributed by atoms with Gasteiger partial charge < -0.3 is 9.52 Å². The molecule has 4 aromatic rings. The molecular weight excluding hydrogens is 408 g/mol. The summed E-state index contributed by atoms with van der Waals surface area (Å²) in [7, 11) is 0. The Kier molecular flexibility index (Phi) is 5.04. The lowest BCUT2D eigenvalue weighted by Crippen LogP contribution is -2.00. The monoisotopic (exact) mass is 420 g/mol. The van der Waals surface area contributed by atoms with Crippen molar-refractivity contribution in [2.75, 3.05) is 0 Å². The summed E-state index contributed by atoms with van der Waals surface area (Å²) in [6, 6.07) is 15.9. The fraction of sp³-hybridized carbons (Fsp3) is 0. The Labute approximate surface area is 175 Å². The fourth-order valence-corrected chi connectivity index (χ4v) is 3.25. The molecule has 148 valence electrons. The molecule has 4 rings (SSSR count). The third kappa shape index (κ3) is 3.78. The first-order valence-corrected chi connectivity index (χ1v) is 9.15. The molecule has 7 nitrogen and oxygen atoms in total. The molecule has 0 saturated heterocycles. The highest BCUT2D eigenvalue weighted by Crippen LogP contribution is 2.31. The third-order valence-electron chi connectivity index (χ3n) is 4.43. The van der Waals surface area contributed by atoms with Gasteiger partial charge >= 0.3 is 5.97 Å². The number of halogens is 1. The highest BCUT2D eigenvalue weighted by molar-refractivity contribution is 6.31. The van der Waals surface area contributed by atoms with E-state index < -0.39 is 10.9 Å². The first-order chi connectivity index (χ1) is 14.4. The van der Waals surface area contributed by atoms with E-state index in [1.165, 1.54) is 12.1 Å². The van der Waals surface area contributed by atoms with Crippen LogP contribution in [-0.4, -0.2) is 21.0 Å². The number of nitrogens with zero attached hydrogens (tertiary/aromatic N) is 2. The second kappa shape index (κ2) is 7.81. The number of carboxylic acids is 1. The maximum absolute atomic E-state index is 11.6. The van der Waals surface area contributed by atoms with Crippen molar-refractivity contribution in [3.05, 3.63) is 92.8 Å². The van der Waals surface area contributed by atoms with E-state index in [-0.39, 0.29) is 11.3 Å². The van der Waals surface area contributed by atoms with E-state index in [4.69, 9.17) is 16.0 Å². The molecule has 0 aliphatic carbocycles. The molecule has 0 atom stereocenters. The van der Waals surface area contributed by atoms with Crippen LogP contribution >= 0.6 is 11.6 Å². The van der Waals surface area contributed by atoms with Crippen molar-refractivity contribution in [1.29, 1.82) is 0 Å². The van der Waals surface area contributed by atoms with Gasteiger partial charge in [-0.3, -0.25) is 10.1 Å². The number of carbonyl (C=O) groups is 1. The average molecular weight is 421 g/mol. The Hall–Kier alpha value is -3.97. The van der Waals surface area contributed by atoms with E-state index in [1.807, 2.05) is 0 Å². The zero-order valence-corrected chi connectivity index (χ0v) is 16.0. The number of hydrogen-bond donors (Lipinski definition) is 1. The molecule has 1 N–H and O–H groups in total. The molecule has 2 heterocycles. The first kappa shape index (κ1) is 19.4. The van der Waals surface area contributed by atoms with E-state index in [0.29, 0.717) is 38.7 Å². The van der Waals surface area contributed by atoms with Crippen molar-refractivity contribution >= 4 is 46.3 Å². The molecule has 0 bridgehead atoms. The van der Waals surface area contributed by atoms with Crippen LogP contribution in [0.5, 0.6) is 0 Å². The molecule has 8 heteroatoms. The first-order valence-electron chi connectivity index (χ1n) is 8.78. The Morgan fingerprint density at radius 1 is 1.10 bits per heavy atom. The van der Waals surface area contributed by atoms with Gasteiger partial charge in [0.2, 0.25) is 0 Å². The highest BCUT2D eigenvalue weighted by Gasteiger charge is 2.17. The minimum Gasteiger partial charge on any atom is -0.478 e. The molecular formula is C22H13ClN2O5. The molecule has 0 aliphatic heterocycles. The molecule has 0 amide bonds. The summed E-state index contributed by atoms with van der Waals surface area (Å²) in [4.78, 5) is 26.8. The summed E-state index contributed by atoms with van der Waals surface area (Å²) in [6.45, 7) is 0. The fourth-order valence-electron chi connectivity index (χ4n) is 3.08. The zero-order chi connectivity index (χ0) is 21.3. The molecule has 0 saturated carbocycles. The number of nitro benzene ring substituents is 1. The molecule has 2 aromatic heterocycles. The maximum Gasteiger partial charge on any atom is 0.336 e. The van der Waals surface area contributed by atoms with Crippen molar-refractivity contribution in [3.63, 3.8) is 0 Å². The number of furan rings is 1. The van der Waals surface area contributed by atoms with Gasteiger partial charge in [0.25, 0.3) is 5.69 Å². The SMILES string of the molecule is O=C(O)c1cc(C=Cc2ccc(-c3ccccc3[N+](=O)[O-])o2)nc2ccc(Cl)cc12. The van der Waals surface area contributed by atoms with E-state index in [9.17, 15) is 20.0 Å². The van der Waals surface area contributed by atoms with Gasteiger partial charge in [-0.15, -0.1) is 0 Å². The lowest BCUT2D eigenvalue weighted by Gasteiger charge is -2.04. The van der Waals surface area contributed by atoms with Gasteiger partial charge in [-0.25, -0.2) is 9.78 Å². The molecule has 0 unspecified atom stereocenters. The number of pyridine rings is 1. The second-order valence-corrected chi connectivity index (χ2v) is 6.81. The number of benzene rings is 2. The van der Waals surface area contributed by atoms with Gasteiger partial charge in [0.1, 0.15) is 11.5 Å². The lowest BCUT2D eigenvalue weighted by molar-refractivity contribution is -0.384. The average Bonchev–Trinajstić information content (AvgIpc) is 3.20. The van der Waals surface area contributed by atoms with Crippen LogP contribution in [0.15, 0.2) is 65.1 Å². The Bertz CT molecular complexity index is 1330. The van der Waals surface area contributed by atoms with Crippen molar-refractivity contribution in [3.8, 4) is 11.3 Å². The van der Waals surface area contributed by atoms with Crippen molar-refractivity contribution < 1.29 is 19.2 Å². The van der Waals surface area contributed by atoms with Crippen LogP contribution in [0, 0.1) is 10.1 Å². The molecule has 0 fully saturated rings. The predicted octanol–water partition coefficient (Wildman–Crippen LogP) is 5.93.